The van der Waals surface area contributed by atoms with E-state index in [1.807, 2.05) is 5.32 Å². The van der Waals surface area contributed by atoms with Crippen LogP contribution in [0.5, 0.6) is 5.75 Å². The highest BCUT2D eigenvalue weighted by Gasteiger charge is 2.33. The van der Waals surface area contributed by atoms with Crippen molar-refractivity contribution in [3.63, 3.8) is 0 Å². The van der Waals surface area contributed by atoms with Gasteiger partial charge in [0.15, 0.2) is 6.61 Å². The number of esters is 1. The molecule has 0 aromatic heterocycles. The van der Waals surface area contributed by atoms with E-state index in [4.69, 9.17) is 0 Å². The van der Waals surface area contributed by atoms with Crippen molar-refractivity contribution >= 4 is 23.5 Å². The number of carbonyl (C=O) groups excluding carboxylic acids is 3. The second-order valence-corrected chi connectivity index (χ2v) is 5.84. The first kappa shape index (κ1) is 23.6. The third-order valence-electron chi connectivity index (χ3n) is 3.59. The topological polar surface area (TPSA) is 93.7 Å². The van der Waals surface area contributed by atoms with Crippen LogP contribution in [0.25, 0.3) is 0 Å². The van der Waals surface area contributed by atoms with E-state index in [1.54, 1.807) is 0 Å². The third-order valence-corrected chi connectivity index (χ3v) is 3.59. The van der Waals surface area contributed by atoms with Crippen LogP contribution in [0.15, 0.2) is 48.5 Å². The Morgan fingerprint density at radius 3 is 2.39 bits per heavy atom. The van der Waals surface area contributed by atoms with Gasteiger partial charge in [0, 0.05) is 5.56 Å². The van der Waals surface area contributed by atoms with Crippen LogP contribution < -0.4 is 15.4 Å². The Morgan fingerprint density at radius 2 is 1.71 bits per heavy atom. The molecule has 2 N–H and O–H groups in total. The Hall–Kier alpha value is -3.70. The molecule has 12 heteroatoms. The Bertz CT molecular complexity index is 949. The van der Waals surface area contributed by atoms with Gasteiger partial charge in [-0.15, -0.1) is 0 Å². The molecule has 0 saturated carbocycles. The summed E-state index contributed by atoms with van der Waals surface area (Å²) in [7, 11) is 0. The number of hydrogen-bond acceptors (Lipinski definition) is 5. The van der Waals surface area contributed by atoms with Gasteiger partial charge in [-0.1, -0.05) is 18.2 Å². The molecule has 166 valence electrons. The number of nitrogens with one attached hydrogen (secondary N) is 2. The average Bonchev–Trinajstić information content (AvgIpc) is 2.69. The quantitative estimate of drug-likeness (QED) is 0.480. The molecule has 2 aromatic carbocycles. The molecule has 0 aliphatic heterocycles. The van der Waals surface area contributed by atoms with Gasteiger partial charge in [-0.05, 0) is 30.3 Å². The fourth-order valence-electron chi connectivity index (χ4n) is 2.29. The van der Waals surface area contributed by atoms with E-state index in [2.05, 4.69) is 14.8 Å². The summed E-state index contributed by atoms with van der Waals surface area (Å²) in [5, 5.41) is 4.13. The smallest absolute Gasteiger partial charge is 0.418 e. The van der Waals surface area contributed by atoms with E-state index in [0.717, 1.165) is 24.3 Å². The number of amides is 2. The molecule has 0 fully saturated rings. The maximum Gasteiger partial charge on any atom is 0.418 e. The van der Waals surface area contributed by atoms with Crippen LogP contribution in [0.4, 0.5) is 27.6 Å². The lowest BCUT2D eigenvalue weighted by Crippen LogP contribution is -2.32. The van der Waals surface area contributed by atoms with Gasteiger partial charge in [-0.3, -0.25) is 14.4 Å². The van der Waals surface area contributed by atoms with E-state index >= 15 is 0 Å². The third kappa shape index (κ3) is 7.57. The molecule has 0 bridgehead atoms. The van der Waals surface area contributed by atoms with E-state index < -0.39 is 55.0 Å². The van der Waals surface area contributed by atoms with Crippen LogP contribution in [0.1, 0.15) is 15.9 Å². The Balaban J connectivity index is 1.82. The minimum absolute atomic E-state index is 0.0764. The Kier molecular flexibility index (Phi) is 7.88. The molecule has 7 nitrogen and oxygen atoms in total. The number of para-hydroxylation sites is 1. The number of hydrogen-bond donors (Lipinski definition) is 2. The van der Waals surface area contributed by atoms with E-state index in [-0.39, 0.29) is 11.3 Å². The zero-order chi connectivity index (χ0) is 23.0. The van der Waals surface area contributed by atoms with Crippen molar-refractivity contribution in [1.82, 2.24) is 5.32 Å². The summed E-state index contributed by atoms with van der Waals surface area (Å²) in [6.07, 6.45) is -4.69. The van der Waals surface area contributed by atoms with Crippen molar-refractivity contribution < 1.29 is 45.8 Å². The summed E-state index contributed by atoms with van der Waals surface area (Å²) in [6.45, 7) is -4.65. The van der Waals surface area contributed by atoms with Crippen molar-refractivity contribution in [3.8, 4) is 5.75 Å². The number of benzene rings is 2. The monoisotopic (exact) mass is 446 g/mol. The van der Waals surface area contributed by atoms with E-state index in [0.29, 0.717) is 0 Å². The molecule has 0 saturated heterocycles. The maximum absolute atomic E-state index is 12.9. The SMILES string of the molecule is O=C(COC(=O)CNC(=O)c1cccc(OC(F)F)c1)Nc1ccccc1C(F)(F)F. The van der Waals surface area contributed by atoms with Crippen LogP contribution in [0.2, 0.25) is 0 Å². The second-order valence-electron chi connectivity index (χ2n) is 5.84. The van der Waals surface area contributed by atoms with Crippen LogP contribution in [0.3, 0.4) is 0 Å². The molecular weight excluding hydrogens is 431 g/mol. The molecule has 0 radical (unpaired) electrons. The van der Waals surface area contributed by atoms with Crippen molar-refractivity contribution in [2.24, 2.45) is 0 Å². The number of halogens is 5. The van der Waals surface area contributed by atoms with E-state index in [1.165, 1.54) is 24.3 Å². The number of anilines is 1. The largest absolute Gasteiger partial charge is 0.454 e. The normalized spacial score (nSPS) is 11.0. The highest BCUT2D eigenvalue weighted by molar-refractivity contribution is 5.97. The van der Waals surface area contributed by atoms with Gasteiger partial charge in [0.1, 0.15) is 12.3 Å². The molecule has 0 spiro atoms. The predicted molar refractivity (Wildman–Crippen MR) is 96.4 cm³/mol. The summed E-state index contributed by atoms with van der Waals surface area (Å²) in [4.78, 5) is 35.4. The second kappa shape index (κ2) is 10.4. The molecule has 0 heterocycles. The Labute approximate surface area is 172 Å². The number of carbonyl (C=O) groups is 3. The van der Waals surface area contributed by atoms with Gasteiger partial charge >= 0.3 is 18.8 Å². The number of ether oxygens (including phenoxy) is 2. The fourth-order valence-corrected chi connectivity index (χ4v) is 2.29. The van der Waals surface area contributed by atoms with Gasteiger partial charge in [0.05, 0.1) is 11.3 Å². The molecule has 2 amide bonds. The minimum Gasteiger partial charge on any atom is -0.454 e. The summed E-state index contributed by atoms with van der Waals surface area (Å²) in [6, 6.07) is 9.04. The lowest BCUT2D eigenvalue weighted by molar-refractivity contribution is -0.146. The Morgan fingerprint density at radius 1 is 1.00 bits per heavy atom. The summed E-state index contributed by atoms with van der Waals surface area (Å²) >= 11 is 0. The van der Waals surface area contributed by atoms with Gasteiger partial charge in [-0.2, -0.15) is 22.0 Å². The summed E-state index contributed by atoms with van der Waals surface area (Å²) < 4.78 is 71.8. The molecule has 2 aromatic rings. The van der Waals surface area contributed by atoms with Crippen molar-refractivity contribution in [2.75, 3.05) is 18.5 Å². The van der Waals surface area contributed by atoms with Crippen LogP contribution in [-0.4, -0.2) is 37.5 Å². The average molecular weight is 446 g/mol. The van der Waals surface area contributed by atoms with Crippen molar-refractivity contribution in [2.45, 2.75) is 12.8 Å². The highest BCUT2D eigenvalue weighted by atomic mass is 19.4. The predicted octanol–water partition coefficient (Wildman–Crippen LogP) is 3.22. The lowest BCUT2D eigenvalue weighted by atomic mass is 10.1. The first-order valence-corrected chi connectivity index (χ1v) is 8.51. The standard InChI is InChI=1S/C19H15F5N2O5/c20-18(21)31-12-5-3-4-11(8-12)17(29)25-9-16(28)30-10-15(27)26-14-7-2-1-6-13(14)19(22,23)24/h1-8,18H,9-10H2,(H,25,29)(H,26,27). The van der Waals surface area contributed by atoms with Gasteiger partial charge in [0.25, 0.3) is 11.8 Å². The molecular formula is C19H15F5N2O5. The molecule has 0 aliphatic carbocycles. The highest BCUT2D eigenvalue weighted by Crippen LogP contribution is 2.34. The zero-order valence-corrected chi connectivity index (χ0v) is 15.5. The van der Waals surface area contributed by atoms with Crippen LogP contribution in [-0.2, 0) is 20.5 Å². The first-order chi connectivity index (χ1) is 14.6. The number of alkyl halides is 5. The van der Waals surface area contributed by atoms with Crippen molar-refractivity contribution in [3.05, 3.63) is 59.7 Å². The lowest BCUT2D eigenvalue weighted by Gasteiger charge is -2.13. The fraction of sp³-hybridized carbons (Fsp3) is 0.211. The van der Waals surface area contributed by atoms with Crippen LogP contribution in [0, 0.1) is 0 Å². The maximum atomic E-state index is 12.9. The van der Waals surface area contributed by atoms with Crippen molar-refractivity contribution in [1.29, 1.82) is 0 Å². The molecule has 0 unspecified atom stereocenters. The molecule has 0 aliphatic rings. The zero-order valence-electron chi connectivity index (χ0n) is 15.5. The van der Waals surface area contributed by atoms with Gasteiger partial charge in [0.2, 0.25) is 0 Å². The molecule has 31 heavy (non-hydrogen) atoms. The summed E-state index contributed by atoms with van der Waals surface area (Å²) in [5.74, 6) is -3.14. The van der Waals surface area contributed by atoms with Gasteiger partial charge < -0.3 is 20.1 Å². The molecule has 2 rings (SSSR count). The van der Waals surface area contributed by atoms with E-state index in [9.17, 15) is 36.3 Å². The first-order valence-electron chi connectivity index (χ1n) is 8.51. The van der Waals surface area contributed by atoms with Gasteiger partial charge in [-0.25, -0.2) is 0 Å². The minimum atomic E-state index is -4.69. The van der Waals surface area contributed by atoms with Crippen LogP contribution >= 0.6 is 0 Å². The summed E-state index contributed by atoms with van der Waals surface area (Å²) in [5.41, 5.74) is -1.65. The molecule has 0 atom stereocenters. The number of rotatable bonds is 8.